The molecule has 2 aliphatic rings. The summed E-state index contributed by atoms with van der Waals surface area (Å²) in [6, 6.07) is 14.4. The maximum absolute atomic E-state index is 14.0. The summed E-state index contributed by atoms with van der Waals surface area (Å²) < 4.78 is 5.40. The van der Waals surface area contributed by atoms with Gasteiger partial charge in [-0.15, -0.1) is 0 Å². The fourth-order valence-electron chi connectivity index (χ4n) is 5.60. The lowest BCUT2D eigenvalue weighted by atomic mass is 9.86. The van der Waals surface area contributed by atoms with E-state index in [2.05, 4.69) is 31.3 Å². The van der Waals surface area contributed by atoms with Crippen molar-refractivity contribution in [1.29, 1.82) is 0 Å². The molecule has 192 valence electrons. The molecule has 6 nitrogen and oxygen atoms in total. The van der Waals surface area contributed by atoms with Gasteiger partial charge in [-0.1, -0.05) is 76.9 Å². The van der Waals surface area contributed by atoms with Crippen LogP contribution in [0.4, 0.5) is 0 Å². The van der Waals surface area contributed by atoms with Crippen LogP contribution in [0.2, 0.25) is 0 Å². The molecule has 0 aromatic heterocycles. The van der Waals surface area contributed by atoms with Crippen LogP contribution >= 0.6 is 0 Å². The zero-order valence-electron chi connectivity index (χ0n) is 21.8. The van der Waals surface area contributed by atoms with Crippen molar-refractivity contribution in [3.05, 3.63) is 70.8 Å². The molecule has 1 saturated heterocycles. The van der Waals surface area contributed by atoms with Crippen LogP contribution in [-0.4, -0.2) is 41.4 Å². The van der Waals surface area contributed by atoms with Crippen molar-refractivity contribution < 1.29 is 19.1 Å². The number of ether oxygens (including phenoxy) is 1. The molecule has 2 atom stereocenters. The number of carbonyl (C=O) groups is 3. The minimum atomic E-state index is -0.547. The smallest absolute Gasteiger partial charge is 0.338 e. The van der Waals surface area contributed by atoms with Crippen molar-refractivity contribution in [1.82, 2.24) is 10.2 Å². The zero-order valence-corrected chi connectivity index (χ0v) is 21.8. The third-order valence-electron chi connectivity index (χ3n) is 7.56. The van der Waals surface area contributed by atoms with Gasteiger partial charge in [0.1, 0.15) is 12.1 Å². The molecule has 1 aliphatic heterocycles. The fraction of sp³-hybridized carbons (Fsp3) is 0.500. The lowest BCUT2D eigenvalue weighted by Crippen LogP contribution is -2.66. The molecule has 1 heterocycles. The second-order valence-electron chi connectivity index (χ2n) is 10.6. The summed E-state index contributed by atoms with van der Waals surface area (Å²) in [6.45, 7) is 8.76. The molecule has 2 aromatic carbocycles. The molecule has 0 radical (unpaired) electrons. The van der Waals surface area contributed by atoms with Gasteiger partial charge >= 0.3 is 5.97 Å². The van der Waals surface area contributed by atoms with Gasteiger partial charge in [0, 0.05) is 6.54 Å². The molecule has 0 spiro atoms. The van der Waals surface area contributed by atoms with E-state index < -0.39 is 12.1 Å². The lowest BCUT2D eigenvalue weighted by molar-refractivity contribution is -0.154. The topological polar surface area (TPSA) is 75.7 Å². The zero-order chi connectivity index (χ0) is 25.8. The number of hydrogen-bond acceptors (Lipinski definition) is 4. The Morgan fingerprint density at radius 3 is 2.31 bits per heavy atom. The first kappa shape index (κ1) is 25.9. The summed E-state index contributed by atoms with van der Waals surface area (Å²) in [7, 11) is 0. The van der Waals surface area contributed by atoms with E-state index in [4.69, 9.17) is 4.74 Å². The van der Waals surface area contributed by atoms with E-state index >= 15 is 0 Å². The van der Waals surface area contributed by atoms with E-state index in [0.717, 1.165) is 31.2 Å². The number of piperazine rings is 1. The second kappa shape index (κ2) is 11.3. The Morgan fingerprint density at radius 2 is 1.69 bits per heavy atom. The van der Waals surface area contributed by atoms with Crippen LogP contribution in [0.5, 0.6) is 0 Å². The van der Waals surface area contributed by atoms with E-state index in [-0.39, 0.29) is 42.1 Å². The van der Waals surface area contributed by atoms with Gasteiger partial charge in [-0.3, -0.25) is 9.59 Å². The molecule has 2 amide bonds. The molecule has 1 fully saturated rings. The summed E-state index contributed by atoms with van der Waals surface area (Å²) in [6.07, 6.45) is 3.18. The molecule has 1 N–H and O–H groups in total. The Kier molecular flexibility index (Phi) is 8.12. The molecule has 0 saturated carbocycles. The summed E-state index contributed by atoms with van der Waals surface area (Å²) in [5.41, 5.74) is 3.79. The van der Waals surface area contributed by atoms with Crippen LogP contribution in [0.15, 0.2) is 48.5 Å². The highest BCUT2D eigenvalue weighted by Crippen LogP contribution is 2.33. The third-order valence-corrected chi connectivity index (χ3v) is 7.56. The first-order valence-corrected chi connectivity index (χ1v) is 13.3. The van der Waals surface area contributed by atoms with Crippen molar-refractivity contribution in [3.63, 3.8) is 0 Å². The summed E-state index contributed by atoms with van der Waals surface area (Å²) in [5.74, 6) is -0.113. The fourth-order valence-corrected chi connectivity index (χ4v) is 5.60. The average molecular weight is 491 g/mol. The number of amides is 2. The van der Waals surface area contributed by atoms with Crippen molar-refractivity contribution in [2.45, 2.75) is 72.0 Å². The van der Waals surface area contributed by atoms with Gasteiger partial charge in [-0.25, -0.2) is 4.79 Å². The van der Waals surface area contributed by atoms with Crippen LogP contribution in [0.3, 0.4) is 0 Å². The van der Waals surface area contributed by atoms with Crippen LogP contribution in [-0.2, 0) is 33.7 Å². The number of fused-ring (bicyclic) bond motifs is 1. The minimum absolute atomic E-state index is 0.0305. The highest BCUT2D eigenvalue weighted by molar-refractivity contribution is 5.97. The molecular formula is C30H38N2O4. The van der Waals surface area contributed by atoms with Crippen molar-refractivity contribution in [2.24, 2.45) is 17.8 Å². The molecule has 36 heavy (non-hydrogen) atoms. The van der Waals surface area contributed by atoms with Gasteiger partial charge in [0.25, 0.3) is 0 Å². The number of esters is 1. The number of nitrogens with one attached hydrogen (secondary N) is 1. The highest BCUT2D eigenvalue weighted by atomic mass is 16.5. The molecule has 6 heteroatoms. The van der Waals surface area contributed by atoms with Crippen molar-refractivity contribution >= 4 is 17.8 Å². The van der Waals surface area contributed by atoms with Gasteiger partial charge in [-0.2, -0.15) is 0 Å². The SMILES string of the molecule is CCC(CC)[C@@H]1C(=O)N[C@H](C2Cc3ccccc3C2)C(=O)N1Cc1cccc(C(=O)OCC(C)C)c1. The number of carbonyl (C=O) groups excluding carboxylic acids is 3. The normalized spacial score (nSPS) is 20.1. The molecule has 0 bridgehead atoms. The maximum atomic E-state index is 14.0. The molecule has 2 aromatic rings. The van der Waals surface area contributed by atoms with E-state index in [0.29, 0.717) is 12.2 Å². The number of nitrogens with zero attached hydrogens (tertiary/aromatic N) is 1. The summed E-state index contributed by atoms with van der Waals surface area (Å²) >= 11 is 0. The number of rotatable bonds is 9. The molecule has 4 rings (SSSR count). The Labute approximate surface area is 214 Å². The van der Waals surface area contributed by atoms with Crippen LogP contribution in [0, 0.1) is 17.8 Å². The van der Waals surface area contributed by atoms with Gasteiger partial charge < -0.3 is 15.0 Å². The van der Waals surface area contributed by atoms with Crippen LogP contribution in [0.1, 0.15) is 67.6 Å². The second-order valence-corrected chi connectivity index (χ2v) is 10.6. The maximum Gasteiger partial charge on any atom is 0.338 e. The predicted molar refractivity (Wildman–Crippen MR) is 139 cm³/mol. The predicted octanol–water partition coefficient (Wildman–Crippen LogP) is 4.55. The third kappa shape index (κ3) is 5.48. The molecular weight excluding hydrogens is 452 g/mol. The van der Waals surface area contributed by atoms with E-state index in [1.54, 1.807) is 17.0 Å². The Morgan fingerprint density at radius 1 is 1.03 bits per heavy atom. The minimum Gasteiger partial charge on any atom is -0.462 e. The molecule has 0 unspecified atom stereocenters. The van der Waals surface area contributed by atoms with Gasteiger partial charge in [0.2, 0.25) is 11.8 Å². The quantitative estimate of drug-likeness (QED) is 0.524. The van der Waals surface area contributed by atoms with Gasteiger partial charge in [-0.05, 0) is 59.4 Å². The first-order valence-electron chi connectivity index (χ1n) is 13.3. The van der Waals surface area contributed by atoms with Gasteiger partial charge in [0.15, 0.2) is 0 Å². The number of hydrogen-bond donors (Lipinski definition) is 1. The lowest BCUT2D eigenvalue weighted by Gasteiger charge is -2.43. The largest absolute Gasteiger partial charge is 0.462 e. The van der Waals surface area contributed by atoms with Gasteiger partial charge in [0.05, 0.1) is 12.2 Å². The van der Waals surface area contributed by atoms with Crippen molar-refractivity contribution in [3.8, 4) is 0 Å². The Bertz CT molecular complexity index is 1080. The van der Waals surface area contributed by atoms with Crippen LogP contribution in [0.25, 0.3) is 0 Å². The van der Waals surface area contributed by atoms with E-state index in [1.165, 1.54) is 11.1 Å². The van der Waals surface area contributed by atoms with E-state index in [1.807, 2.05) is 38.1 Å². The highest BCUT2D eigenvalue weighted by Gasteiger charge is 2.46. The van der Waals surface area contributed by atoms with Crippen molar-refractivity contribution in [2.75, 3.05) is 6.61 Å². The molecule has 1 aliphatic carbocycles. The standard InChI is InChI=1S/C30H38N2O4/c1-5-21(6-2)27-28(33)31-26(25-15-22-11-7-8-12-23(22)16-25)29(34)32(27)17-20-10-9-13-24(14-20)30(35)36-18-19(3)4/h7-14,19,21,25-27H,5-6,15-18H2,1-4H3,(H,31,33)/t26-,27-/m1/s1. The number of benzene rings is 2. The Hall–Kier alpha value is -3.15. The Balaban J connectivity index is 1.59. The van der Waals surface area contributed by atoms with E-state index in [9.17, 15) is 14.4 Å². The first-order chi connectivity index (χ1) is 17.3. The summed E-state index contributed by atoms with van der Waals surface area (Å²) in [5, 5.41) is 3.11. The summed E-state index contributed by atoms with van der Waals surface area (Å²) in [4.78, 5) is 41.8. The van der Waals surface area contributed by atoms with Crippen LogP contribution < -0.4 is 5.32 Å². The average Bonchev–Trinajstić information content (AvgIpc) is 3.31. The monoisotopic (exact) mass is 490 g/mol.